The molecule has 0 aliphatic carbocycles. The summed E-state index contributed by atoms with van der Waals surface area (Å²) < 4.78 is 16.4. The number of amides is 1. The maximum atomic E-state index is 12.9. The van der Waals surface area contributed by atoms with Crippen molar-refractivity contribution in [1.29, 1.82) is 0 Å². The molecule has 3 unspecified atom stereocenters. The third kappa shape index (κ3) is 18.2. The number of hydrogen-bond acceptors (Lipinski definition) is 10. The number of nitrogens with one attached hydrogen (secondary N) is 1. The summed E-state index contributed by atoms with van der Waals surface area (Å²) in [6, 6.07) is -0.990. The third-order valence-corrected chi connectivity index (χ3v) is 10.6. The second-order valence-electron chi connectivity index (χ2n) is 15.6. The molecule has 1 amide bonds. The molecule has 2 aliphatic rings. The number of carbonyl (C=O) groups is 1. The quantitative estimate of drug-likeness (QED) is 0.0481. The molecule has 2 rings (SSSR count). The molecule has 11 heteroatoms. The standard InChI is InChI=1S/C39H75NO10/c1-3-4-5-6-7-8-9-10-11-14-17-20-23-31(42)34(44)30(27-49-38-37(47)36(46)35(45)32(26-41)50-38)40-33(43)24-21-18-15-12-13-16-19-22-25-39(2)28-48-29-39/h30-32,34-38,41-42,44-47H,3-29H2,1-2H3,(H,40,43)/t30?,31?,32-,34?,35+,36+,37-,38+/m1/s1. The first-order valence-electron chi connectivity index (χ1n) is 20.3. The largest absolute Gasteiger partial charge is 0.394 e. The highest BCUT2D eigenvalue weighted by molar-refractivity contribution is 5.76. The van der Waals surface area contributed by atoms with Crippen LogP contribution in [0.4, 0.5) is 0 Å². The summed E-state index contributed by atoms with van der Waals surface area (Å²) in [6.45, 7) is 5.42. The predicted octanol–water partition coefficient (Wildman–Crippen LogP) is 5.04. The summed E-state index contributed by atoms with van der Waals surface area (Å²) in [5.74, 6) is -0.266. The Hall–Kier alpha value is -0.890. The van der Waals surface area contributed by atoms with E-state index in [1.54, 1.807) is 0 Å². The molecule has 2 heterocycles. The molecule has 0 radical (unpaired) electrons. The molecular weight excluding hydrogens is 642 g/mol. The van der Waals surface area contributed by atoms with Crippen molar-refractivity contribution in [3.05, 3.63) is 0 Å². The number of carbonyl (C=O) groups excluding carboxylic acids is 1. The van der Waals surface area contributed by atoms with Gasteiger partial charge in [-0.1, -0.05) is 136 Å². The van der Waals surface area contributed by atoms with Gasteiger partial charge in [0.15, 0.2) is 6.29 Å². The minimum absolute atomic E-state index is 0.266. The highest BCUT2D eigenvalue weighted by Gasteiger charge is 2.44. The van der Waals surface area contributed by atoms with E-state index in [2.05, 4.69) is 19.2 Å². The second-order valence-corrected chi connectivity index (χ2v) is 15.6. The minimum Gasteiger partial charge on any atom is -0.394 e. The van der Waals surface area contributed by atoms with E-state index in [-0.39, 0.29) is 18.9 Å². The number of aliphatic hydroxyl groups excluding tert-OH is 6. The Morgan fingerprint density at radius 2 is 1.28 bits per heavy atom. The lowest BCUT2D eigenvalue weighted by molar-refractivity contribution is -0.303. The molecule has 2 saturated heterocycles. The van der Waals surface area contributed by atoms with Crippen LogP contribution in [0.2, 0.25) is 0 Å². The maximum Gasteiger partial charge on any atom is 0.220 e. The Kier molecular flexibility index (Phi) is 24.3. The Morgan fingerprint density at radius 1 is 0.760 bits per heavy atom. The molecular formula is C39H75NO10. The van der Waals surface area contributed by atoms with Crippen LogP contribution < -0.4 is 5.32 Å². The third-order valence-electron chi connectivity index (χ3n) is 10.6. The van der Waals surface area contributed by atoms with E-state index in [0.717, 1.165) is 58.2 Å². The molecule has 0 bridgehead atoms. The van der Waals surface area contributed by atoms with Crippen molar-refractivity contribution in [1.82, 2.24) is 5.32 Å². The predicted molar refractivity (Wildman–Crippen MR) is 194 cm³/mol. The van der Waals surface area contributed by atoms with E-state index in [1.165, 1.54) is 83.5 Å². The topological polar surface area (TPSA) is 178 Å². The molecule has 7 N–H and O–H groups in total. The first-order chi connectivity index (χ1) is 24.1. The van der Waals surface area contributed by atoms with E-state index in [1.807, 2.05) is 0 Å². The van der Waals surface area contributed by atoms with E-state index in [0.29, 0.717) is 18.3 Å². The average molecular weight is 718 g/mol. The lowest BCUT2D eigenvalue weighted by atomic mass is 9.83. The number of hydrogen-bond donors (Lipinski definition) is 7. The maximum absolute atomic E-state index is 12.9. The summed E-state index contributed by atoms with van der Waals surface area (Å²) >= 11 is 0. The average Bonchev–Trinajstić information content (AvgIpc) is 3.09. The summed E-state index contributed by atoms with van der Waals surface area (Å²) in [4.78, 5) is 12.9. The van der Waals surface area contributed by atoms with E-state index >= 15 is 0 Å². The van der Waals surface area contributed by atoms with Crippen LogP contribution in [0.5, 0.6) is 0 Å². The first-order valence-corrected chi connectivity index (χ1v) is 20.3. The molecule has 0 saturated carbocycles. The molecule has 296 valence electrons. The smallest absolute Gasteiger partial charge is 0.220 e. The van der Waals surface area contributed by atoms with Gasteiger partial charge in [0.2, 0.25) is 5.91 Å². The fraction of sp³-hybridized carbons (Fsp3) is 0.974. The van der Waals surface area contributed by atoms with Gasteiger partial charge in [0.05, 0.1) is 38.6 Å². The number of rotatable bonds is 31. The van der Waals surface area contributed by atoms with Crippen LogP contribution in [0.25, 0.3) is 0 Å². The fourth-order valence-electron chi connectivity index (χ4n) is 7.03. The molecule has 11 nitrogen and oxygen atoms in total. The van der Waals surface area contributed by atoms with Gasteiger partial charge in [-0.15, -0.1) is 0 Å². The molecule has 0 spiro atoms. The fourth-order valence-corrected chi connectivity index (χ4v) is 7.03. The first kappa shape index (κ1) is 45.3. The Labute approximate surface area is 302 Å². The van der Waals surface area contributed by atoms with Gasteiger partial charge in [-0.05, 0) is 19.3 Å². The van der Waals surface area contributed by atoms with Crippen molar-refractivity contribution in [3.63, 3.8) is 0 Å². The van der Waals surface area contributed by atoms with E-state index < -0.39 is 55.6 Å². The van der Waals surface area contributed by atoms with Gasteiger partial charge in [-0.3, -0.25) is 4.79 Å². The van der Waals surface area contributed by atoms with Crippen LogP contribution in [0.1, 0.15) is 162 Å². The van der Waals surface area contributed by atoms with E-state index in [9.17, 15) is 35.4 Å². The lowest BCUT2D eigenvalue weighted by Gasteiger charge is -2.40. The number of aliphatic hydroxyl groups is 6. The molecule has 2 fully saturated rings. The van der Waals surface area contributed by atoms with Crippen molar-refractivity contribution in [3.8, 4) is 0 Å². The van der Waals surface area contributed by atoms with Gasteiger partial charge >= 0.3 is 0 Å². The molecule has 0 aromatic carbocycles. The van der Waals surface area contributed by atoms with Crippen LogP contribution in [0.3, 0.4) is 0 Å². The van der Waals surface area contributed by atoms with Crippen molar-refractivity contribution < 1.29 is 49.6 Å². The van der Waals surface area contributed by atoms with Crippen LogP contribution in [0, 0.1) is 5.41 Å². The van der Waals surface area contributed by atoms with Gasteiger partial charge in [-0.25, -0.2) is 0 Å². The summed E-state index contributed by atoms with van der Waals surface area (Å²) in [6.07, 6.45) is 15.3. The molecule has 0 aromatic rings. The number of ether oxygens (including phenoxy) is 3. The molecule has 8 atom stereocenters. The zero-order chi connectivity index (χ0) is 36.6. The van der Waals surface area contributed by atoms with Crippen molar-refractivity contribution in [2.24, 2.45) is 5.41 Å². The normalized spacial score (nSPS) is 25.2. The van der Waals surface area contributed by atoms with Crippen LogP contribution in [-0.2, 0) is 19.0 Å². The Morgan fingerprint density at radius 3 is 1.80 bits per heavy atom. The van der Waals surface area contributed by atoms with E-state index in [4.69, 9.17) is 14.2 Å². The number of unbranched alkanes of at least 4 members (excludes halogenated alkanes) is 18. The van der Waals surface area contributed by atoms with Crippen LogP contribution >= 0.6 is 0 Å². The van der Waals surface area contributed by atoms with Gasteiger partial charge in [0.1, 0.15) is 30.5 Å². The van der Waals surface area contributed by atoms with Crippen molar-refractivity contribution in [2.45, 2.75) is 210 Å². The minimum atomic E-state index is -1.61. The van der Waals surface area contributed by atoms with Crippen LogP contribution in [0.15, 0.2) is 0 Å². The highest BCUT2D eigenvalue weighted by atomic mass is 16.7. The molecule has 0 aromatic heterocycles. The highest BCUT2D eigenvalue weighted by Crippen LogP contribution is 2.32. The van der Waals surface area contributed by atoms with Gasteiger partial charge < -0.3 is 50.2 Å². The summed E-state index contributed by atoms with van der Waals surface area (Å²) in [5, 5.41) is 64.9. The monoisotopic (exact) mass is 718 g/mol. The summed E-state index contributed by atoms with van der Waals surface area (Å²) in [5.41, 5.74) is 0.395. The van der Waals surface area contributed by atoms with Crippen LogP contribution in [-0.4, -0.2) is 112 Å². The van der Waals surface area contributed by atoms with Crippen molar-refractivity contribution >= 4 is 5.91 Å². The lowest BCUT2D eigenvalue weighted by Crippen LogP contribution is -2.60. The van der Waals surface area contributed by atoms with Gasteiger partial charge in [-0.2, -0.15) is 0 Å². The Bertz CT molecular complexity index is 844. The zero-order valence-electron chi connectivity index (χ0n) is 31.5. The van der Waals surface area contributed by atoms with Gasteiger partial charge in [0.25, 0.3) is 0 Å². The zero-order valence-corrected chi connectivity index (χ0v) is 31.5. The Balaban J connectivity index is 1.72. The second kappa shape index (κ2) is 26.8. The SMILES string of the molecule is CCCCCCCCCCCCCCC(O)C(O)C(CO[C@H]1O[C@H](CO)[C@H](O)[C@H](O)[C@H]1O)NC(=O)CCCCCCCCCCC1(C)COC1. The summed E-state index contributed by atoms with van der Waals surface area (Å²) in [7, 11) is 0. The molecule has 2 aliphatic heterocycles. The molecule has 50 heavy (non-hydrogen) atoms. The van der Waals surface area contributed by atoms with Gasteiger partial charge in [0, 0.05) is 11.8 Å². The van der Waals surface area contributed by atoms with Crippen molar-refractivity contribution in [2.75, 3.05) is 26.4 Å².